The Morgan fingerprint density at radius 3 is 2.70 bits per heavy atom. The van der Waals surface area contributed by atoms with Gasteiger partial charge < -0.3 is 10.2 Å². The molecule has 0 fully saturated rings. The summed E-state index contributed by atoms with van der Waals surface area (Å²) in [5.41, 5.74) is 0.763. The highest BCUT2D eigenvalue weighted by Crippen LogP contribution is 2.19. The van der Waals surface area contributed by atoms with Crippen LogP contribution in [0.2, 0.25) is 5.15 Å². The zero-order chi connectivity index (χ0) is 16.8. The van der Waals surface area contributed by atoms with Gasteiger partial charge in [0, 0.05) is 32.0 Å². The molecule has 1 unspecified atom stereocenters. The normalized spacial score (nSPS) is 12.6. The topological polar surface area (TPSA) is 61.4 Å². The molecule has 0 saturated carbocycles. The van der Waals surface area contributed by atoms with Crippen LogP contribution < -0.4 is 5.32 Å². The second-order valence-electron chi connectivity index (χ2n) is 5.26. The molecule has 23 heavy (non-hydrogen) atoms. The summed E-state index contributed by atoms with van der Waals surface area (Å²) in [6.07, 6.45) is 1.58. The number of hydrogen-bond acceptors (Lipinski definition) is 5. The number of aromatic nitrogens is 2. The average molecular weight is 354 g/mol. The molecule has 2 rings (SSSR count). The second-order valence-corrected chi connectivity index (χ2v) is 7.24. The summed E-state index contributed by atoms with van der Waals surface area (Å²) >= 11 is 5.84. The summed E-state index contributed by atoms with van der Waals surface area (Å²) in [7, 11) is 4.61. The smallest absolute Gasteiger partial charge is 0.228 e. The van der Waals surface area contributed by atoms with E-state index >= 15 is 0 Å². The molecule has 0 aliphatic carbocycles. The Kier molecular flexibility index (Phi) is 6.47. The maximum Gasteiger partial charge on any atom is 0.228 e. The molecule has 1 aromatic carbocycles. The summed E-state index contributed by atoms with van der Waals surface area (Å²) in [6.45, 7) is 1.56. The molecular weight excluding hydrogens is 334 g/mol. The first-order valence-electron chi connectivity index (χ1n) is 7.09. The monoisotopic (exact) mass is 353 g/mol. The van der Waals surface area contributed by atoms with E-state index in [1.165, 1.54) is 0 Å². The zero-order valence-electron chi connectivity index (χ0n) is 13.4. The highest BCUT2D eigenvalue weighted by Gasteiger charge is 2.11. The maximum atomic E-state index is 12.6. The molecule has 1 atom stereocenters. The van der Waals surface area contributed by atoms with Crippen LogP contribution in [0.3, 0.4) is 0 Å². The predicted molar refractivity (Wildman–Crippen MR) is 94.4 cm³/mol. The standard InChI is InChI=1S/C15H20ClN5OS/c1-20(2)9-10-21(3)23(22)13-6-4-5-12(11-13)18-15-17-8-7-14(16)19-15/h4-8,11H,9-10H2,1-3H3,(H,17,18,19). The van der Waals surface area contributed by atoms with Crippen molar-refractivity contribution in [1.82, 2.24) is 19.2 Å². The molecule has 0 amide bonds. The van der Waals surface area contributed by atoms with Gasteiger partial charge in [-0.05, 0) is 38.4 Å². The third-order valence-electron chi connectivity index (χ3n) is 3.06. The molecular formula is C15H20ClN5OS. The van der Waals surface area contributed by atoms with Gasteiger partial charge in [-0.15, -0.1) is 0 Å². The van der Waals surface area contributed by atoms with E-state index in [2.05, 4.69) is 20.2 Å². The molecule has 8 heteroatoms. The van der Waals surface area contributed by atoms with Crippen molar-refractivity contribution in [3.05, 3.63) is 41.7 Å². The molecule has 1 N–H and O–H groups in total. The Bertz CT molecular complexity index is 682. The lowest BCUT2D eigenvalue weighted by Crippen LogP contribution is -2.30. The molecule has 0 saturated heterocycles. The first-order valence-corrected chi connectivity index (χ1v) is 8.57. The fourth-order valence-corrected chi connectivity index (χ4v) is 2.98. The number of nitrogens with one attached hydrogen (secondary N) is 1. The third-order valence-corrected chi connectivity index (χ3v) is 4.68. The van der Waals surface area contributed by atoms with Gasteiger partial charge >= 0.3 is 0 Å². The van der Waals surface area contributed by atoms with E-state index in [4.69, 9.17) is 11.6 Å². The van der Waals surface area contributed by atoms with E-state index in [9.17, 15) is 4.21 Å². The second kappa shape index (κ2) is 8.35. The van der Waals surface area contributed by atoms with Gasteiger partial charge in [-0.1, -0.05) is 17.7 Å². The average Bonchev–Trinajstić information content (AvgIpc) is 2.52. The van der Waals surface area contributed by atoms with Crippen molar-refractivity contribution in [2.24, 2.45) is 0 Å². The molecule has 124 valence electrons. The Labute approximate surface area is 144 Å². The number of rotatable bonds is 7. The fraction of sp³-hybridized carbons (Fsp3) is 0.333. The highest BCUT2D eigenvalue weighted by atomic mass is 35.5. The lowest BCUT2D eigenvalue weighted by Gasteiger charge is -2.18. The Hall–Kier alpha value is -1.54. The van der Waals surface area contributed by atoms with Crippen molar-refractivity contribution in [2.75, 3.05) is 39.5 Å². The lowest BCUT2D eigenvalue weighted by atomic mass is 10.3. The molecule has 0 bridgehead atoms. The van der Waals surface area contributed by atoms with Gasteiger partial charge in [0.25, 0.3) is 0 Å². The van der Waals surface area contributed by atoms with Gasteiger partial charge in [-0.2, -0.15) is 0 Å². The minimum absolute atomic E-state index is 0.366. The van der Waals surface area contributed by atoms with E-state index in [0.717, 1.165) is 17.1 Å². The van der Waals surface area contributed by atoms with Crippen LogP contribution in [0.25, 0.3) is 0 Å². The van der Waals surface area contributed by atoms with Gasteiger partial charge in [-0.3, -0.25) is 0 Å². The SMILES string of the molecule is CN(C)CCN(C)S(=O)c1cccc(Nc2nccc(Cl)n2)c1. The Morgan fingerprint density at radius 1 is 1.22 bits per heavy atom. The molecule has 2 aromatic rings. The minimum atomic E-state index is -1.22. The first kappa shape index (κ1) is 17.8. The predicted octanol–water partition coefficient (Wildman–Crippen LogP) is 2.39. The van der Waals surface area contributed by atoms with Crippen molar-refractivity contribution in [3.8, 4) is 0 Å². The molecule has 0 aliphatic heterocycles. The van der Waals surface area contributed by atoms with Gasteiger partial charge in [-0.25, -0.2) is 18.5 Å². The van der Waals surface area contributed by atoms with E-state index < -0.39 is 11.0 Å². The summed E-state index contributed by atoms with van der Waals surface area (Å²) in [4.78, 5) is 11.0. The zero-order valence-corrected chi connectivity index (χ0v) is 14.9. The number of benzene rings is 1. The van der Waals surface area contributed by atoms with Crippen LogP contribution in [0.15, 0.2) is 41.4 Å². The van der Waals surface area contributed by atoms with E-state index in [0.29, 0.717) is 17.6 Å². The van der Waals surface area contributed by atoms with Gasteiger partial charge in [0.2, 0.25) is 5.95 Å². The van der Waals surface area contributed by atoms with E-state index in [-0.39, 0.29) is 0 Å². The highest BCUT2D eigenvalue weighted by molar-refractivity contribution is 7.82. The van der Waals surface area contributed by atoms with Crippen molar-refractivity contribution >= 4 is 34.2 Å². The number of hydrogen-bond donors (Lipinski definition) is 1. The molecule has 0 aliphatic rings. The van der Waals surface area contributed by atoms with Crippen LogP contribution in [0.4, 0.5) is 11.6 Å². The quantitative estimate of drug-likeness (QED) is 0.774. The largest absolute Gasteiger partial charge is 0.324 e. The first-order chi connectivity index (χ1) is 11.0. The third kappa shape index (κ3) is 5.54. The molecule has 1 aromatic heterocycles. The fourth-order valence-electron chi connectivity index (χ4n) is 1.81. The van der Waals surface area contributed by atoms with E-state index in [1.807, 2.05) is 49.7 Å². The lowest BCUT2D eigenvalue weighted by molar-refractivity contribution is 0.367. The van der Waals surface area contributed by atoms with Crippen LogP contribution in [0, 0.1) is 0 Å². The number of anilines is 2. The molecule has 0 spiro atoms. The van der Waals surface area contributed by atoms with E-state index in [1.54, 1.807) is 12.3 Å². The van der Waals surface area contributed by atoms with Crippen LogP contribution >= 0.6 is 11.6 Å². The van der Waals surface area contributed by atoms with Gasteiger partial charge in [0.1, 0.15) is 16.1 Å². The molecule has 6 nitrogen and oxygen atoms in total. The van der Waals surface area contributed by atoms with Gasteiger partial charge in [0.15, 0.2) is 0 Å². The number of likely N-dealkylation sites (N-methyl/N-ethyl adjacent to an activating group) is 2. The minimum Gasteiger partial charge on any atom is -0.324 e. The number of nitrogens with zero attached hydrogens (tertiary/aromatic N) is 4. The van der Waals surface area contributed by atoms with Crippen molar-refractivity contribution in [2.45, 2.75) is 4.90 Å². The van der Waals surface area contributed by atoms with Crippen LogP contribution in [0.5, 0.6) is 0 Å². The summed E-state index contributed by atoms with van der Waals surface area (Å²) < 4.78 is 14.4. The maximum absolute atomic E-state index is 12.6. The summed E-state index contributed by atoms with van der Waals surface area (Å²) in [5.74, 6) is 0.404. The molecule has 0 radical (unpaired) electrons. The van der Waals surface area contributed by atoms with Crippen molar-refractivity contribution in [3.63, 3.8) is 0 Å². The van der Waals surface area contributed by atoms with Crippen LogP contribution in [0.1, 0.15) is 0 Å². The molecule has 1 heterocycles. The van der Waals surface area contributed by atoms with Gasteiger partial charge in [0.05, 0.1) is 4.90 Å². The summed E-state index contributed by atoms with van der Waals surface area (Å²) in [5, 5.41) is 3.43. The van der Waals surface area contributed by atoms with Crippen LogP contribution in [-0.4, -0.2) is 57.6 Å². The Morgan fingerprint density at radius 2 is 2.00 bits per heavy atom. The Balaban J connectivity index is 2.08. The van der Waals surface area contributed by atoms with Crippen molar-refractivity contribution < 1.29 is 4.21 Å². The van der Waals surface area contributed by atoms with Crippen molar-refractivity contribution in [1.29, 1.82) is 0 Å². The van der Waals surface area contributed by atoms with Crippen LogP contribution in [-0.2, 0) is 11.0 Å². The summed E-state index contributed by atoms with van der Waals surface area (Å²) in [6, 6.07) is 8.99. The number of halogens is 1.